The van der Waals surface area contributed by atoms with Gasteiger partial charge in [0.05, 0.1) is 0 Å². The zero-order valence-corrected chi connectivity index (χ0v) is 16.0. The molecule has 0 bridgehead atoms. The number of benzene rings is 1. The molecule has 2 rings (SSSR count). The number of hydrogen-bond acceptors (Lipinski definition) is 3. The van der Waals surface area contributed by atoms with Crippen LogP contribution in [0.1, 0.15) is 37.6 Å². The maximum Gasteiger partial charge on any atom is 0.460 e. The molecule has 0 saturated carbocycles. The fourth-order valence-electron chi connectivity index (χ4n) is 2.56. The molecule has 0 aromatic heterocycles. The second-order valence-corrected chi connectivity index (χ2v) is 8.00. The number of alkyl halides is 7. The quantitative estimate of drug-likeness (QED) is 0.653. The Kier molecular flexibility index (Phi) is 5.51. The fraction of sp³-hybridized carbons (Fsp3) is 0.529. The Bertz CT molecular complexity index is 832. The summed E-state index contributed by atoms with van der Waals surface area (Å²) in [4.78, 5) is 12.6. The van der Waals surface area contributed by atoms with Crippen LogP contribution in [0.15, 0.2) is 29.4 Å². The van der Waals surface area contributed by atoms with Crippen LogP contribution in [-0.2, 0) is 0 Å². The highest BCUT2D eigenvalue weighted by atomic mass is 35.5. The molecule has 12 heteroatoms. The van der Waals surface area contributed by atoms with E-state index in [-0.39, 0.29) is 10.7 Å². The third-order valence-electron chi connectivity index (χ3n) is 4.39. The first kappa shape index (κ1) is 23.4. The summed E-state index contributed by atoms with van der Waals surface area (Å²) in [7, 11) is 0. The van der Waals surface area contributed by atoms with Crippen LogP contribution in [-0.4, -0.2) is 45.5 Å². The van der Waals surface area contributed by atoms with E-state index in [0.717, 1.165) is 12.1 Å². The summed E-state index contributed by atoms with van der Waals surface area (Å²) < 4.78 is 94.5. The Morgan fingerprint density at radius 3 is 1.97 bits per heavy atom. The number of carbonyl (C=O) groups excluding carboxylic acids is 1. The van der Waals surface area contributed by atoms with Crippen LogP contribution in [0.25, 0.3) is 0 Å². The number of rotatable bonds is 3. The van der Waals surface area contributed by atoms with Gasteiger partial charge in [-0.3, -0.25) is 4.79 Å². The molecule has 1 aliphatic rings. The predicted octanol–water partition coefficient (Wildman–Crippen LogP) is 5.11. The molecule has 0 fully saturated rings. The second-order valence-electron chi connectivity index (χ2n) is 7.56. The highest BCUT2D eigenvalue weighted by Gasteiger charge is 2.82. The van der Waals surface area contributed by atoms with E-state index in [4.69, 9.17) is 11.6 Å². The molecule has 1 atom stereocenters. The average molecular weight is 449 g/mol. The topological polar surface area (TPSA) is 52.9 Å². The van der Waals surface area contributed by atoms with E-state index in [0.29, 0.717) is 0 Å². The first-order chi connectivity index (χ1) is 12.9. The van der Waals surface area contributed by atoms with Gasteiger partial charge in [0, 0.05) is 28.1 Å². The van der Waals surface area contributed by atoms with Crippen LogP contribution in [0.2, 0.25) is 5.02 Å². The molecule has 0 radical (unpaired) electrons. The predicted molar refractivity (Wildman–Crippen MR) is 90.0 cm³/mol. The SMILES string of the molecule is CC(C)(C)C1=NN(C(=O)c2ccc(Cl)cc2)C(O)(C(F)(F)C(F)(F)C(F)(F)F)C1. The van der Waals surface area contributed by atoms with Crippen molar-refractivity contribution in [2.24, 2.45) is 10.5 Å². The number of hydrazone groups is 1. The molecule has 162 valence electrons. The zero-order chi connectivity index (χ0) is 22.6. The van der Waals surface area contributed by atoms with Crippen molar-refractivity contribution in [2.45, 2.75) is 50.9 Å². The Morgan fingerprint density at radius 2 is 1.55 bits per heavy atom. The summed E-state index contributed by atoms with van der Waals surface area (Å²) in [5.74, 6) is -14.3. The lowest BCUT2D eigenvalue weighted by Crippen LogP contribution is -2.69. The number of halogens is 8. The lowest BCUT2D eigenvalue weighted by atomic mass is 9.83. The fourth-order valence-corrected chi connectivity index (χ4v) is 2.69. The van der Waals surface area contributed by atoms with Gasteiger partial charge in [0.2, 0.25) is 5.72 Å². The van der Waals surface area contributed by atoms with E-state index in [1.54, 1.807) is 0 Å². The molecular formula is C17H16ClF7N2O2. The molecular weight excluding hydrogens is 433 g/mol. The van der Waals surface area contributed by atoms with E-state index < -0.39 is 52.1 Å². The van der Waals surface area contributed by atoms with Crippen LogP contribution < -0.4 is 0 Å². The summed E-state index contributed by atoms with van der Waals surface area (Å²) >= 11 is 5.65. The van der Waals surface area contributed by atoms with Crippen molar-refractivity contribution in [3.8, 4) is 0 Å². The summed E-state index contributed by atoms with van der Waals surface area (Å²) in [5, 5.41) is 13.7. The second kappa shape index (κ2) is 6.83. The monoisotopic (exact) mass is 448 g/mol. The lowest BCUT2D eigenvalue weighted by Gasteiger charge is -2.41. The van der Waals surface area contributed by atoms with Crippen LogP contribution in [0.4, 0.5) is 30.7 Å². The first-order valence-corrected chi connectivity index (χ1v) is 8.47. The summed E-state index contributed by atoms with van der Waals surface area (Å²) in [6, 6.07) is 4.38. The Morgan fingerprint density at radius 1 is 1.07 bits per heavy atom. The molecule has 4 nitrogen and oxygen atoms in total. The van der Waals surface area contributed by atoms with Crippen molar-refractivity contribution >= 4 is 23.2 Å². The van der Waals surface area contributed by atoms with Gasteiger partial charge in [-0.1, -0.05) is 32.4 Å². The third-order valence-corrected chi connectivity index (χ3v) is 4.64. The van der Waals surface area contributed by atoms with E-state index in [1.807, 2.05) is 0 Å². The molecule has 0 spiro atoms. The Balaban J connectivity index is 2.64. The van der Waals surface area contributed by atoms with E-state index >= 15 is 0 Å². The third kappa shape index (κ3) is 3.70. The number of carbonyl (C=O) groups is 1. The number of aliphatic hydroxyl groups is 1. The van der Waals surface area contributed by atoms with E-state index in [1.165, 1.54) is 32.9 Å². The molecule has 1 heterocycles. The van der Waals surface area contributed by atoms with Crippen LogP contribution in [0.5, 0.6) is 0 Å². The van der Waals surface area contributed by atoms with Gasteiger partial charge in [0.1, 0.15) is 0 Å². The van der Waals surface area contributed by atoms with Crippen molar-refractivity contribution in [3.05, 3.63) is 34.9 Å². The van der Waals surface area contributed by atoms with Crippen LogP contribution in [0.3, 0.4) is 0 Å². The van der Waals surface area contributed by atoms with Crippen LogP contribution >= 0.6 is 11.6 Å². The van der Waals surface area contributed by atoms with Gasteiger partial charge in [-0.15, -0.1) is 0 Å². The summed E-state index contributed by atoms with van der Waals surface area (Å²) in [6.45, 7) is 4.22. The molecule has 0 saturated heterocycles. The maximum absolute atomic E-state index is 14.5. The molecule has 1 amide bonds. The lowest BCUT2D eigenvalue weighted by molar-refractivity contribution is -0.400. The van der Waals surface area contributed by atoms with Gasteiger partial charge in [-0.2, -0.15) is 40.8 Å². The standard InChI is InChI=1S/C17H16ClF7N2O2/c1-13(2,3)11-8-14(29,15(19,20)16(21,22)17(23,24)25)27(26-11)12(28)9-4-6-10(18)7-5-9/h4-7,29H,8H2,1-3H3. The number of amides is 1. The van der Waals surface area contributed by atoms with Crippen molar-refractivity contribution in [1.82, 2.24) is 5.01 Å². The highest BCUT2D eigenvalue weighted by Crippen LogP contribution is 2.55. The Labute approximate surface area is 165 Å². The van der Waals surface area contributed by atoms with Gasteiger partial charge in [0.15, 0.2) is 0 Å². The summed E-state index contributed by atoms with van der Waals surface area (Å²) in [6.07, 6.45) is -8.10. The van der Waals surface area contributed by atoms with Gasteiger partial charge in [0.25, 0.3) is 5.91 Å². The first-order valence-electron chi connectivity index (χ1n) is 8.09. The van der Waals surface area contributed by atoms with E-state index in [2.05, 4.69) is 5.10 Å². The Hall–Kier alpha value is -1.88. The molecule has 1 unspecified atom stereocenters. The largest absolute Gasteiger partial charge is 0.460 e. The van der Waals surface area contributed by atoms with Gasteiger partial charge in [-0.05, 0) is 24.3 Å². The van der Waals surface area contributed by atoms with Gasteiger partial charge < -0.3 is 5.11 Å². The maximum atomic E-state index is 14.5. The van der Waals surface area contributed by atoms with Crippen molar-refractivity contribution in [3.63, 3.8) is 0 Å². The van der Waals surface area contributed by atoms with E-state index in [9.17, 15) is 40.6 Å². The molecule has 0 aliphatic carbocycles. The number of nitrogens with zero attached hydrogens (tertiary/aromatic N) is 2. The molecule has 1 N–H and O–H groups in total. The van der Waals surface area contributed by atoms with Gasteiger partial charge in [-0.25, -0.2) is 0 Å². The zero-order valence-electron chi connectivity index (χ0n) is 15.3. The molecule has 1 aromatic carbocycles. The molecule has 1 aromatic rings. The molecule has 1 aliphatic heterocycles. The normalized spacial score (nSPS) is 21.4. The average Bonchev–Trinajstić information content (AvgIpc) is 2.93. The number of hydrogen-bond donors (Lipinski definition) is 1. The molecule has 29 heavy (non-hydrogen) atoms. The highest BCUT2D eigenvalue weighted by molar-refractivity contribution is 6.30. The van der Waals surface area contributed by atoms with Crippen molar-refractivity contribution in [1.29, 1.82) is 0 Å². The van der Waals surface area contributed by atoms with Gasteiger partial charge >= 0.3 is 18.0 Å². The minimum absolute atomic E-state index is 0.144. The smallest absolute Gasteiger partial charge is 0.364 e. The van der Waals surface area contributed by atoms with Crippen molar-refractivity contribution < 1.29 is 40.6 Å². The van der Waals surface area contributed by atoms with Crippen LogP contribution in [0, 0.1) is 5.41 Å². The minimum atomic E-state index is -6.69. The minimum Gasteiger partial charge on any atom is -0.364 e. The van der Waals surface area contributed by atoms with Crippen molar-refractivity contribution in [2.75, 3.05) is 0 Å². The summed E-state index contributed by atoms with van der Waals surface area (Å²) in [5.41, 5.74) is -6.14.